The van der Waals surface area contributed by atoms with E-state index in [1.807, 2.05) is 18.3 Å². The number of urea groups is 1. The number of fused-ring (bicyclic) bond motifs is 1. The number of hydrogen-bond acceptors (Lipinski definition) is 6. The van der Waals surface area contributed by atoms with Crippen LogP contribution in [-0.4, -0.2) is 89.3 Å². The Labute approximate surface area is 209 Å². The second-order valence-corrected chi connectivity index (χ2v) is 8.52. The van der Waals surface area contributed by atoms with Crippen LogP contribution in [0.3, 0.4) is 0 Å². The molecule has 2 aromatic heterocycles. The van der Waals surface area contributed by atoms with Crippen molar-refractivity contribution in [2.45, 2.75) is 6.54 Å². The van der Waals surface area contributed by atoms with Gasteiger partial charge in [0.05, 0.1) is 24.5 Å². The molecule has 11 heteroatoms. The summed E-state index contributed by atoms with van der Waals surface area (Å²) in [5.41, 5.74) is 3.49. The lowest BCUT2D eigenvalue weighted by molar-refractivity contribution is 0.0341. The van der Waals surface area contributed by atoms with Crippen LogP contribution < -0.4 is 10.6 Å². The molecule has 0 radical (unpaired) electrons. The summed E-state index contributed by atoms with van der Waals surface area (Å²) in [5.74, 6) is -0.219. The maximum absolute atomic E-state index is 12.7. The van der Waals surface area contributed by atoms with Crippen molar-refractivity contribution in [2.24, 2.45) is 0 Å². The number of benzene rings is 1. The first kappa shape index (κ1) is 24.8. The van der Waals surface area contributed by atoms with Gasteiger partial charge in [-0.25, -0.2) is 4.79 Å². The number of aromatic amines is 1. The first-order chi connectivity index (χ1) is 16.6. The second kappa shape index (κ2) is 10.9. The molecule has 5 rings (SSSR count). The van der Waals surface area contributed by atoms with Gasteiger partial charge in [-0.3, -0.25) is 14.7 Å². The number of carbonyl (C=O) groups excluding carboxylic acids is 2. The molecule has 0 saturated carbocycles. The number of nitrogens with one attached hydrogen (secondary N) is 3. The molecule has 3 amide bonds. The molecular weight excluding hydrogens is 472 g/mol. The molecule has 2 aliphatic rings. The maximum Gasteiger partial charge on any atom is 0.317 e. The number of H-pyrrole nitrogens is 1. The van der Waals surface area contributed by atoms with E-state index in [1.165, 1.54) is 0 Å². The number of hydrogen-bond donors (Lipinski definition) is 4. The average Bonchev–Trinajstić information content (AvgIpc) is 3.41. The highest BCUT2D eigenvalue weighted by Gasteiger charge is 2.20. The Morgan fingerprint density at radius 1 is 1.17 bits per heavy atom. The highest BCUT2D eigenvalue weighted by molar-refractivity contribution is 6.03. The van der Waals surface area contributed by atoms with Gasteiger partial charge >= 0.3 is 6.03 Å². The van der Waals surface area contributed by atoms with E-state index < -0.39 is 0 Å². The zero-order valence-corrected chi connectivity index (χ0v) is 20.1. The number of ether oxygens (including phenoxy) is 1. The number of rotatable bonds is 7. The molecule has 10 nitrogen and oxygen atoms in total. The highest BCUT2D eigenvalue weighted by Crippen LogP contribution is 2.36. The molecule has 2 fully saturated rings. The van der Waals surface area contributed by atoms with Crippen LogP contribution in [-0.2, 0) is 11.3 Å². The van der Waals surface area contributed by atoms with Crippen molar-refractivity contribution in [2.75, 3.05) is 52.5 Å². The van der Waals surface area contributed by atoms with E-state index in [0.29, 0.717) is 43.0 Å². The summed E-state index contributed by atoms with van der Waals surface area (Å²) in [6.07, 6.45) is 1.83. The molecule has 186 valence electrons. The Kier molecular flexibility index (Phi) is 7.74. The van der Waals surface area contributed by atoms with Gasteiger partial charge in [0.2, 0.25) is 0 Å². The highest BCUT2D eigenvalue weighted by atomic mass is 35.5. The van der Waals surface area contributed by atoms with Gasteiger partial charge in [-0.15, -0.1) is 12.4 Å². The summed E-state index contributed by atoms with van der Waals surface area (Å²) in [4.78, 5) is 35.9. The first-order valence-electron chi connectivity index (χ1n) is 11.5. The minimum absolute atomic E-state index is 0. The van der Waals surface area contributed by atoms with Gasteiger partial charge in [0.15, 0.2) is 5.88 Å². The van der Waals surface area contributed by atoms with Crippen LogP contribution in [0, 0.1) is 0 Å². The predicted octanol–water partition coefficient (Wildman–Crippen LogP) is 1.94. The summed E-state index contributed by atoms with van der Waals surface area (Å²) in [6, 6.07) is 9.04. The Morgan fingerprint density at radius 2 is 2.00 bits per heavy atom. The quantitative estimate of drug-likeness (QED) is 0.393. The molecule has 2 saturated heterocycles. The largest absolute Gasteiger partial charge is 0.494 e. The molecule has 0 aliphatic carbocycles. The molecule has 1 aromatic carbocycles. The fourth-order valence-corrected chi connectivity index (χ4v) is 4.39. The molecule has 0 atom stereocenters. The monoisotopic (exact) mass is 500 g/mol. The first-order valence-corrected chi connectivity index (χ1v) is 11.5. The SMILES string of the molecule is Cl.O=C(NCCN1CCNC1=O)c1ccc2[nH]c(O)c(-c3ccc(CN4CCOCC4)cn3)c2c1. The van der Waals surface area contributed by atoms with Crippen LogP contribution in [0.2, 0.25) is 0 Å². The van der Waals surface area contributed by atoms with Crippen LogP contribution in [0.4, 0.5) is 4.79 Å². The third-order valence-electron chi connectivity index (χ3n) is 6.24. The van der Waals surface area contributed by atoms with E-state index in [2.05, 4.69) is 25.5 Å². The molecule has 0 bridgehead atoms. The molecule has 0 unspecified atom stereocenters. The number of morpholine rings is 1. The zero-order valence-electron chi connectivity index (χ0n) is 19.2. The van der Waals surface area contributed by atoms with Crippen molar-refractivity contribution in [3.63, 3.8) is 0 Å². The summed E-state index contributed by atoms with van der Waals surface area (Å²) >= 11 is 0. The second-order valence-electron chi connectivity index (χ2n) is 8.52. The maximum atomic E-state index is 12.7. The Morgan fingerprint density at radius 3 is 2.71 bits per heavy atom. The molecule has 0 spiro atoms. The standard InChI is InChI=1S/C24H28N6O4.ClH/c31-22(25-5-7-30-8-6-26-24(30)33)17-2-4-19-18(13-17)21(23(32)28-19)20-3-1-16(14-27-20)15-29-9-11-34-12-10-29;/h1-4,13-14,28,32H,5-12,15H2,(H,25,31)(H,26,33);1H. The van der Waals surface area contributed by atoms with Crippen LogP contribution in [0.1, 0.15) is 15.9 Å². The normalized spacial score (nSPS) is 16.2. The summed E-state index contributed by atoms with van der Waals surface area (Å²) < 4.78 is 5.40. The van der Waals surface area contributed by atoms with Crippen LogP contribution >= 0.6 is 12.4 Å². The van der Waals surface area contributed by atoms with Crippen molar-refractivity contribution in [1.82, 2.24) is 30.4 Å². The lowest BCUT2D eigenvalue weighted by atomic mass is 10.1. The Hall–Kier alpha value is -3.34. The zero-order chi connectivity index (χ0) is 23.5. The molecule has 35 heavy (non-hydrogen) atoms. The van der Waals surface area contributed by atoms with Crippen LogP contribution in [0.25, 0.3) is 22.2 Å². The van der Waals surface area contributed by atoms with Crippen LogP contribution in [0.15, 0.2) is 36.5 Å². The minimum Gasteiger partial charge on any atom is -0.494 e. The number of carbonyl (C=O) groups is 2. The van der Waals surface area contributed by atoms with E-state index in [4.69, 9.17) is 4.74 Å². The van der Waals surface area contributed by atoms with Gasteiger partial charge in [0.25, 0.3) is 5.91 Å². The Bertz CT molecular complexity index is 1190. The predicted molar refractivity (Wildman–Crippen MR) is 134 cm³/mol. The third-order valence-corrected chi connectivity index (χ3v) is 6.24. The lowest BCUT2D eigenvalue weighted by Gasteiger charge is -2.26. The number of pyridine rings is 1. The van der Waals surface area contributed by atoms with Crippen molar-refractivity contribution in [3.8, 4) is 17.1 Å². The van der Waals surface area contributed by atoms with E-state index >= 15 is 0 Å². The van der Waals surface area contributed by atoms with E-state index in [0.717, 1.165) is 49.3 Å². The molecule has 4 N–H and O–H groups in total. The fraction of sp³-hybridized carbons (Fsp3) is 0.375. The van der Waals surface area contributed by atoms with Gasteiger partial charge in [0, 0.05) is 68.5 Å². The van der Waals surface area contributed by atoms with Gasteiger partial charge in [0.1, 0.15) is 0 Å². The minimum atomic E-state index is -0.234. The van der Waals surface area contributed by atoms with Gasteiger partial charge in [-0.2, -0.15) is 0 Å². The van der Waals surface area contributed by atoms with E-state index in [9.17, 15) is 14.7 Å². The van der Waals surface area contributed by atoms with Crippen molar-refractivity contribution in [3.05, 3.63) is 47.7 Å². The number of nitrogens with zero attached hydrogens (tertiary/aromatic N) is 3. The number of aromatic hydroxyl groups is 1. The van der Waals surface area contributed by atoms with Crippen molar-refractivity contribution >= 4 is 35.2 Å². The fourth-order valence-electron chi connectivity index (χ4n) is 4.39. The van der Waals surface area contributed by atoms with Crippen molar-refractivity contribution < 1.29 is 19.4 Å². The molecule has 2 aliphatic heterocycles. The summed E-state index contributed by atoms with van der Waals surface area (Å²) in [6.45, 7) is 6.20. The molecular formula is C24H29ClN6O4. The third kappa shape index (κ3) is 5.50. The topological polar surface area (TPSA) is 123 Å². The lowest BCUT2D eigenvalue weighted by Crippen LogP contribution is -2.36. The number of aromatic nitrogens is 2. The van der Waals surface area contributed by atoms with Crippen LogP contribution in [0.5, 0.6) is 5.88 Å². The van der Waals surface area contributed by atoms with E-state index in [-0.39, 0.29) is 30.2 Å². The van der Waals surface area contributed by atoms with Crippen molar-refractivity contribution in [1.29, 1.82) is 0 Å². The smallest absolute Gasteiger partial charge is 0.317 e. The van der Waals surface area contributed by atoms with E-state index in [1.54, 1.807) is 23.1 Å². The molecule has 3 aromatic rings. The van der Waals surface area contributed by atoms with Gasteiger partial charge in [-0.05, 0) is 29.8 Å². The summed E-state index contributed by atoms with van der Waals surface area (Å²) in [5, 5.41) is 16.9. The van der Waals surface area contributed by atoms with Gasteiger partial charge in [-0.1, -0.05) is 6.07 Å². The van der Waals surface area contributed by atoms with Gasteiger partial charge < -0.3 is 30.4 Å². The Balaban J connectivity index is 0.00000289. The molecule has 4 heterocycles. The number of amides is 3. The average molecular weight is 501 g/mol. The number of halogens is 1. The summed E-state index contributed by atoms with van der Waals surface area (Å²) in [7, 11) is 0.